The van der Waals surface area contributed by atoms with Crippen molar-refractivity contribution in [1.82, 2.24) is 19.9 Å². The fraction of sp³-hybridized carbons (Fsp3) is 0.667. The quantitative estimate of drug-likeness (QED) is 0.615. The van der Waals surface area contributed by atoms with Crippen LogP contribution in [0.3, 0.4) is 0 Å². The number of unbranched alkanes of at least 4 members (excludes halogenated alkanes) is 3. The number of anilines is 2. The average molecular weight is 290 g/mol. The van der Waals surface area contributed by atoms with Gasteiger partial charge in [-0.3, -0.25) is 0 Å². The van der Waals surface area contributed by atoms with Crippen LogP contribution in [0.5, 0.6) is 0 Å². The molecule has 0 bridgehead atoms. The molecule has 2 aromatic heterocycles. The maximum absolute atomic E-state index is 4.54. The van der Waals surface area contributed by atoms with Gasteiger partial charge in [-0.25, -0.2) is 4.98 Å². The predicted octanol–water partition coefficient (Wildman–Crippen LogP) is 3.56. The molecule has 0 fully saturated rings. The molecule has 3 N–H and O–H groups in total. The minimum Gasteiger partial charge on any atom is -0.366 e. The number of nitrogens with one attached hydrogen (secondary N) is 3. The van der Waals surface area contributed by atoms with Gasteiger partial charge in [0.15, 0.2) is 11.5 Å². The molecule has 116 valence electrons. The molecular formula is C15H26N6. The Morgan fingerprint density at radius 3 is 2.81 bits per heavy atom. The van der Waals surface area contributed by atoms with E-state index >= 15 is 0 Å². The number of rotatable bonds is 9. The Balaban J connectivity index is 2.04. The van der Waals surface area contributed by atoms with Gasteiger partial charge >= 0.3 is 0 Å². The predicted molar refractivity (Wildman–Crippen MR) is 87.7 cm³/mol. The number of hydrogen-bond acceptors (Lipinski definition) is 5. The van der Waals surface area contributed by atoms with Crippen LogP contribution in [0.4, 0.5) is 11.8 Å². The Labute approximate surface area is 126 Å². The maximum atomic E-state index is 4.54. The van der Waals surface area contributed by atoms with E-state index in [1.54, 1.807) is 6.33 Å². The molecule has 0 aliphatic heterocycles. The summed E-state index contributed by atoms with van der Waals surface area (Å²) in [6.45, 7) is 7.26. The van der Waals surface area contributed by atoms with Gasteiger partial charge in [0.1, 0.15) is 5.52 Å². The lowest BCUT2D eigenvalue weighted by Crippen LogP contribution is -2.17. The van der Waals surface area contributed by atoms with Crippen molar-refractivity contribution in [1.29, 1.82) is 0 Å². The minimum atomic E-state index is 0.387. The highest BCUT2D eigenvalue weighted by atomic mass is 15.2. The van der Waals surface area contributed by atoms with Crippen LogP contribution in [0.1, 0.15) is 52.9 Å². The molecule has 2 rings (SSSR count). The van der Waals surface area contributed by atoms with E-state index in [1.165, 1.54) is 25.7 Å². The van der Waals surface area contributed by atoms with Crippen molar-refractivity contribution < 1.29 is 0 Å². The van der Waals surface area contributed by atoms with Crippen LogP contribution in [0.15, 0.2) is 6.33 Å². The molecule has 0 aliphatic carbocycles. The van der Waals surface area contributed by atoms with Crippen molar-refractivity contribution in [3.05, 3.63) is 6.33 Å². The van der Waals surface area contributed by atoms with Crippen molar-refractivity contribution in [2.45, 2.75) is 58.9 Å². The molecule has 1 atom stereocenters. The van der Waals surface area contributed by atoms with Gasteiger partial charge in [-0.05, 0) is 20.3 Å². The molecule has 0 radical (unpaired) electrons. The second kappa shape index (κ2) is 7.81. The zero-order valence-corrected chi connectivity index (χ0v) is 13.2. The monoisotopic (exact) mass is 290 g/mol. The molecule has 6 heteroatoms. The third kappa shape index (κ3) is 4.31. The van der Waals surface area contributed by atoms with E-state index in [1.807, 2.05) is 6.92 Å². The molecule has 6 nitrogen and oxygen atoms in total. The van der Waals surface area contributed by atoms with Crippen LogP contribution in [0, 0.1) is 0 Å². The Kier molecular flexibility index (Phi) is 5.78. The highest BCUT2D eigenvalue weighted by Gasteiger charge is 2.11. The molecule has 21 heavy (non-hydrogen) atoms. The molecule has 0 saturated carbocycles. The highest BCUT2D eigenvalue weighted by molar-refractivity contribution is 5.83. The molecule has 0 spiro atoms. The first-order valence-corrected chi connectivity index (χ1v) is 7.96. The van der Waals surface area contributed by atoms with Gasteiger partial charge in [0.25, 0.3) is 0 Å². The summed E-state index contributed by atoms with van der Waals surface area (Å²) in [6, 6.07) is 0.387. The standard InChI is InChI=1S/C15H26N6/c1-4-6-7-8-9-11(3)19-14-12-13(18-10-17-12)20-15(21-14)16-5-2/h10-11H,4-9H2,1-3H3,(H3,16,17,18,19,20,21). The third-order valence-corrected chi connectivity index (χ3v) is 3.49. The van der Waals surface area contributed by atoms with Gasteiger partial charge in [0.2, 0.25) is 5.95 Å². The molecule has 0 saturated heterocycles. The van der Waals surface area contributed by atoms with Crippen LogP contribution in [-0.2, 0) is 0 Å². The van der Waals surface area contributed by atoms with Crippen LogP contribution >= 0.6 is 0 Å². The van der Waals surface area contributed by atoms with Crippen LogP contribution < -0.4 is 10.6 Å². The summed E-state index contributed by atoms with van der Waals surface area (Å²) in [5.74, 6) is 1.45. The number of aromatic amines is 1. The normalized spacial score (nSPS) is 12.5. The molecule has 2 aromatic rings. The lowest BCUT2D eigenvalue weighted by molar-refractivity contribution is 0.593. The fourth-order valence-corrected chi connectivity index (χ4v) is 2.36. The van der Waals surface area contributed by atoms with Crippen LogP contribution in [0.25, 0.3) is 11.2 Å². The Morgan fingerprint density at radius 2 is 2.05 bits per heavy atom. The first kappa shape index (κ1) is 15.5. The summed E-state index contributed by atoms with van der Waals surface area (Å²) in [4.78, 5) is 16.3. The van der Waals surface area contributed by atoms with Gasteiger partial charge in [0, 0.05) is 12.6 Å². The second-order valence-corrected chi connectivity index (χ2v) is 5.42. The molecule has 2 heterocycles. The summed E-state index contributed by atoms with van der Waals surface area (Å²) in [7, 11) is 0. The number of hydrogen-bond donors (Lipinski definition) is 3. The topological polar surface area (TPSA) is 78.5 Å². The number of aromatic nitrogens is 4. The minimum absolute atomic E-state index is 0.387. The SMILES string of the molecule is CCCCCCC(C)Nc1nc(NCC)nc2nc[nH]c12. The number of fused-ring (bicyclic) bond motifs is 1. The zero-order valence-electron chi connectivity index (χ0n) is 13.2. The number of nitrogens with zero attached hydrogens (tertiary/aromatic N) is 3. The summed E-state index contributed by atoms with van der Waals surface area (Å²) in [5.41, 5.74) is 1.57. The Bertz CT molecular complexity index is 550. The third-order valence-electron chi connectivity index (χ3n) is 3.49. The van der Waals surface area contributed by atoms with Crippen molar-refractivity contribution in [2.24, 2.45) is 0 Å². The van der Waals surface area contributed by atoms with Crippen molar-refractivity contribution in [3.63, 3.8) is 0 Å². The van der Waals surface area contributed by atoms with E-state index < -0.39 is 0 Å². The van der Waals surface area contributed by atoms with Gasteiger partial charge in [-0.15, -0.1) is 0 Å². The van der Waals surface area contributed by atoms with Crippen LogP contribution in [-0.4, -0.2) is 32.5 Å². The summed E-state index contributed by atoms with van der Waals surface area (Å²) in [6.07, 6.45) is 7.94. The molecular weight excluding hydrogens is 264 g/mol. The van der Waals surface area contributed by atoms with Crippen molar-refractivity contribution >= 4 is 22.9 Å². The molecule has 0 aliphatic rings. The van der Waals surface area contributed by atoms with E-state index in [0.717, 1.165) is 24.3 Å². The summed E-state index contributed by atoms with van der Waals surface area (Å²) >= 11 is 0. The Hall–Kier alpha value is -1.85. The first-order valence-electron chi connectivity index (χ1n) is 7.96. The van der Waals surface area contributed by atoms with Gasteiger partial charge < -0.3 is 15.6 Å². The van der Waals surface area contributed by atoms with E-state index in [2.05, 4.69) is 44.4 Å². The lowest BCUT2D eigenvalue weighted by atomic mass is 10.1. The molecule has 0 aromatic carbocycles. The van der Waals surface area contributed by atoms with E-state index in [-0.39, 0.29) is 0 Å². The fourth-order valence-electron chi connectivity index (χ4n) is 2.36. The second-order valence-electron chi connectivity index (χ2n) is 5.42. The van der Waals surface area contributed by atoms with Gasteiger partial charge in [-0.1, -0.05) is 32.6 Å². The molecule has 1 unspecified atom stereocenters. The maximum Gasteiger partial charge on any atom is 0.226 e. The number of H-pyrrole nitrogens is 1. The molecule has 0 amide bonds. The summed E-state index contributed by atoms with van der Waals surface area (Å²) < 4.78 is 0. The van der Waals surface area contributed by atoms with E-state index in [4.69, 9.17) is 0 Å². The smallest absolute Gasteiger partial charge is 0.226 e. The van der Waals surface area contributed by atoms with Crippen LogP contribution in [0.2, 0.25) is 0 Å². The Morgan fingerprint density at radius 1 is 1.19 bits per heavy atom. The summed E-state index contributed by atoms with van der Waals surface area (Å²) in [5, 5.41) is 6.63. The van der Waals surface area contributed by atoms with Gasteiger partial charge in [0.05, 0.1) is 6.33 Å². The van der Waals surface area contributed by atoms with E-state index in [0.29, 0.717) is 17.6 Å². The number of imidazole rings is 1. The first-order chi connectivity index (χ1) is 10.2. The van der Waals surface area contributed by atoms with Gasteiger partial charge in [-0.2, -0.15) is 9.97 Å². The van der Waals surface area contributed by atoms with E-state index in [9.17, 15) is 0 Å². The van der Waals surface area contributed by atoms with Crippen molar-refractivity contribution in [3.8, 4) is 0 Å². The lowest BCUT2D eigenvalue weighted by Gasteiger charge is -2.15. The average Bonchev–Trinajstić information content (AvgIpc) is 2.92. The van der Waals surface area contributed by atoms with Crippen molar-refractivity contribution in [2.75, 3.05) is 17.2 Å². The zero-order chi connectivity index (χ0) is 15.1. The highest BCUT2D eigenvalue weighted by Crippen LogP contribution is 2.20. The largest absolute Gasteiger partial charge is 0.366 e.